The Kier molecular flexibility index (Phi) is 3.98. The number of furan rings is 1. The summed E-state index contributed by atoms with van der Waals surface area (Å²) >= 11 is 2.89. The summed E-state index contributed by atoms with van der Waals surface area (Å²) in [4.78, 5) is 46.0. The van der Waals surface area contributed by atoms with Gasteiger partial charge in [-0.15, -0.1) is 0 Å². The van der Waals surface area contributed by atoms with E-state index in [0.717, 1.165) is 18.3 Å². The van der Waals surface area contributed by atoms with Crippen LogP contribution in [0.1, 0.15) is 10.6 Å². The van der Waals surface area contributed by atoms with Gasteiger partial charge in [-0.1, -0.05) is 0 Å². The van der Waals surface area contributed by atoms with Gasteiger partial charge in [0.1, 0.15) is 10.7 Å². The number of nitrogens with zero attached hydrogens (tertiary/aromatic N) is 2. The highest BCUT2D eigenvalue weighted by molar-refractivity contribution is 9.10. The molecule has 0 aliphatic carbocycles. The standard InChI is InChI=1S/C11H6BrN3O6/c12-7-5-14(11(18)13-10(7)17)8(16)3-1-6-2-4-9(21-6)15(19)20/h1-5H,(H,13,17,18). The second-order valence-electron chi connectivity index (χ2n) is 3.71. The Hall–Kier alpha value is -2.75. The molecule has 2 aromatic rings. The van der Waals surface area contributed by atoms with Crippen LogP contribution in [0.4, 0.5) is 5.88 Å². The van der Waals surface area contributed by atoms with E-state index in [-0.39, 0.29) is 10.2 Å². The lowest BCUT2D eigenvalue weighted by atomic mass is 10.4. The molecule has 0 aliphatic heterocycles. The molecule has 0 aliphatic rings. The zero-order chi connectivity index (χ0) is 15.6. The van der Waals surface area contributed by atoms with Crippen LogP contribution in [-0.4, -0.2) is 20.4 Å². The maximum Gasteiger partial charge on any atom is 0.433 e. The lowest BCUT2D eigenvalue weighted by Gasteiger charge is -1.99. The third kappa shape index (κ3) is 3.23. The van der Waals surface area contributed by atoms with Crippen LogP contribution >= 0.6 is 15.9 Å². The van der Waals surface area contributed by atoms with E-state index >= 15 is 0 Å². The van der Waals surface area contributed by atoms with Crippen molar-refractivity contribution in [3.8, 4) is 0 Å². The van der Waals surface area contributed by atoms with Gasteiger partial charge in [-0.25, -0.2) is 9.36 Å². The van der Waals surface area contributed by atoms with Gasteiger partial charge < -0.3 is 4.42 Å². The van der Waals surface area contributed by atoms with Crippen LogP contribution in [-0.2, 0) is 0 Å². The Morgan fingerprint density at radius 3 is 2.76 bits per heavy atom. The number of hydrogen-bond donors (Lipinski definition) is 1. The van der Waals surface area contributed by atoms with Crippen molar-refractivity contribution >= 4 is 33.8 Å². The first kappa shape index (κ1) is 14.7. The van der Waals surface area contributed by atoms with E-state index < -0.39 is 28.0 Å². The van der Waals surface area contributed by atoms with Gasteiger partial charge in [0.15, 0.2) is 0 Å². The summed E-state index contributed by atoms with van der Waals surface area (Å²) in [5.41, 5.74) is -1.56. The van der Waals surface area contributed by atoms with Gasteiger partial charge in [0, 0.05) is 12.3 Å². The van der Waals surface area contributed by atoms with Gasteiger partial charge in [-0.3, -0.25) is 24.7 Å². The average molecular weight is 356 g/mol. The maximum absolute atomic E-state index is 11.8. The van der Waals surface area contributed by atoms with Gasteiger partial charge in [0.25, 0.3) is 11.5 Å². The fourth-order valence-electron chi connectivity index (χ4n) is 1.37. The minimum Gasteiger partial charge on any atom is -0.401 e. The van der Waals surface area contributed by atoms with Crippen LogP contribution < -0.4 is 11.2 Å². The van der Waals surface area contributed by atoms with Crippen molar-refractivity contribution in [2.75, 3.05) is 0 Å². The van der Waals surface area contributed by atoms with Crippen LogP contribution in [0.25, 0.3) is 6.08 Å². The molecule has 0 spiro atoms. The van der Waals surface area contributed by atoms with Crippen molar-refractivity contribution in [2.45, 2.75) is 0 Å². The first-order valence-corrected chi connectivity index (χ1v) is 6.16. The van der Waals surface area contributed by atoms with Gasteiger partial charge in [0.2, 0.25) is 0 Å². The predicted octanol–water partition coefficient (Wildman–Crippen LogP) is 1.15. The molecule has 0 aromatic carbocycles. The highest BCUT2D eigenvalue weighted by Gasteiger charge is 2.11. The second-order valence-corrected chi connectivity index (χ2v) is 4.57. The Morgan fingerprint density at radius 2 is 2.14 bits per heavy atom. The highest BCUT2D eigenvalue weighted by atomic mass is 79.9. The molecule has 2 heterocycles. The van der Waals surface area contributed by atoms with Gasteiger partial charge in [-0.2, -0.15) is 0 Å². The molecule has 10 heteroatoms. The Labute approximate surface area is 123 Å². The maximum atomic E-state index is 11.8. The molecule has 1 N–H and O–H groups in total. The first-order chi connectivity index (χ1) is 9.88. The molecule has 0 saturated carbocycles. The largest absolute Gasteiger partial charge is 0.433 e. The molecule has 21 heavy (non-hydrogen) atoms. The van der Waals surface area contributed by atoms with Gasteiger partial charge in [0.05, 0.1) is 10.5 Å². The molecule has 0 radical (unpaired) electrons. The summed E-state index contributed by atoms with van der Waals surface area (Å²) in [6.07, 6.45) is 3.17. The van der Waals surface area contributed by atoms with Crippen molar-refractivity contribution in [3.63, 3.8) is 0 Å². The van der Waals surface area contributed by atoms with E-state index in [4.69, 9.17) is 4.42 Å². The summed E-state index contributed by atoms with van der Waals surface area (Å²) < 4.78 is 5.49. The lowest BCUT2D eigenvalue weighted by molar-refractivity contribution is -0.402. The molecule has 0 unspecified atom stereocenters. The number of halogens is 1. The van der Waals surface area contributed by atoms with E-state index in [0.29, 0.717) is 4.57 Å². The lowest BCUT2D eigenvalue weighted by Crippen LogP contribution is -2.32. The van der Waals surface area contributed by atoms with E-state index in [9.17, 15) is 24.5 Å². The molecule has 0 atom stereocenters. The smallest absolute Gasteiger partial charge is 0.401 e. The van der Waals surface area contributed by atoms with E-state index in [1.165, 1.54) is 12.1 Å². The molecule has 2 aromatic heterocycles. The summed E-state index contributed by atoms with van der Waals surface area (Å²) in [7, 11) is 0. The number of carbonyl (C=O) groups excluding carboxylic acids is 1. The van der Waals surface area contributed by atoms with Crippen molar-refractivity contribution < 1.29 is 14.1 Å². The molecular weight excluding hydrogens is 350 g/mol. The van der Waals surface area contributed by atoms with Crippen molar-refractivity contribution in [1.29, 1.82) is 0 Å². The fourth-order valence-corrected chi connectivity index (χ4v) is 1.68. The molecule has 0 saturated heterocycles. The molecule has 0 fully saturated rings. The topological polar surface area (TPSA) is 128 Å². The Balaban J connectivity index is 2.27. The van der Waals surface area contributed by atoms with Gasteiger partial charge >= 0.3 is 11.6 Å². The molecule has 108 valence electrons. The third-order valence-corrected chi connectivity index (χ3v) is 2.88. The first-order valence-electron chi connectivity index (χ1n) is 5.36. The van der Waals surface area contributed by atoms with Crippen molar-refractivity contribution in [1.82, 2.24) is 9.55 Å². The molecule has 0 amide bonds. The SMILES string of the molecule is O=C(C=Cc1ccc([N+](=O)[O-])o1)n1cc(Br)c(=O)[nH]c1=O. The quantitative estimate of drug-likeness (QED) is 0.499. The number of aromatic amines is 1. The summed E-state index contributed by atoms with van der Waals surface area (Å²) in [5.74, 6) is -1.14. The number of aromatic nitrogens is 2. The zero-order valence-electron chi connectivity index (χ0n) is 10.1. The third-order valence-electron chi connectivity index (χ3n) is 2.32. The normalized spacial score (nSPS) is 10.9. The number of nitrogens with one attached hydrogen (secondary N) is 1. The zero-order valence-corrected chi connectivity index (χ0v) is 11.7. The van der Waals surface area contributed by atoms with Gasteiger partial charge in [-0.05, 0) is 28.1 Å². The van der Waals surface area contributed by atoms with Crippen LogP contribution in [0.3, 0.4) is 0 Å². The number of allylic oxidation sites excluding steroid dienone is 1. The van der Waals surface area contributed by atoms with Crippen LogP contribution in [0.5, 0.6) is 0 Å². The minimum atomic E-state index is -0.900. The number of nitro groups is 1. The molecular formula is C11H6BrN3O6. The minimum absolute atomic E-state index is 0.0116. The summed E-state index contributed by atoms with van der Waals surface area (Å²) in [6.45, 7) is 0. The number of hydrogen-bond acceptors (Lipinski definition) is 6. The van der Waals surface area contributed by atoms with Crippen LogP contribution in [0, 0.1) is 10.1 Å². The van der Waals surface area contributed by atoms with Crippen LogP contribution in [0.2, 0.25) is 0 Å². The fraction of sp³-hybridized carbons (Fsp3) is 0. The highest BCUT2D eigenvalue weighted by Crippen LogP contribution is 2.16. The van der Waals surface area contributed by atoms with E-state index in [1.807, 2.05) is 4.98 Å². The average Bonchev–Trinajstić information content (AvgIpc) is 2.89. The number of H-pyrrole nitrogens is 1. The second kappa shape index (κ2) is 5.71. The molecule has 0 bridgehead atoms. The number of rotatable bonds is 3. The molecule has 9 nitrogen and oxygen atoms in total. The Morgan fingerprint density at radius 1 is 1.43 bits per heavy atom. The van der Waals surface area contributed by atoms with Crippen molar-refractivity contribution in [2.24, 2.45) is 0 Å². The molecule has 2 rings (SSSR count). The Bertz CT molecular complexity index is 859. The van der Waals surface area contributed by atoms with E-state index in [1.54, 1.807) is 0 Å². The van der Waals surface area contributed by atoms with Crippen molar-refractivity contribution in [3.05, 3.63) is 65.6 Å². The monoisotopic (exact) mass is 355 g/mol. The predicted molar refractivity (Wildman–Crippen MR) is 74.0 cm³/mol. The summed E-state index contributed by atoms with van der Waals surface area (Å²) in [6, 6.07) is 2.43. The number of carbonyl (C=O) groups is 1. The summed E-state index contributed by atoms with van der Waals surface area (Å²) in [5, 5.41) is 10.4. The van der Waals surface area contributed by atoms with Crippen LogP contribution in [0.15, 0.2) is 42.9 Å². The van der Waals surface area contributed by atoms with E-state index in [2.05, 4.69) is 15.9 Å².